The SMILES string of the molecule is COc1cccc(NC(=O)[C@@H](NC2CCCC2)c2ccccc2)c1. The highest BCUT2D eigenvalue weighted by Crippen LogP contribution is 2.24. The number of carbonyl (C=O) groups excluding carboxylic acids is 1. The molecule has 126 valence electrons. The van der Waals surface area contributed by atoms with E-state index in [1.165, 1.54) is 12.8 Å². The maximum atomic E-state index is 12.9. The Morgan fingerprint density at radius 2 is 1.83 bits per heavy atom. The molecule has 4 nitrogen and oxygen atoms in total. The summed E-state index contributed by atoms with van der Waals surface area (Å²) in [6.07, 6.45) is 4.74. The predicted molar refractivity (Wildman–Crippen MR) is 96.2 cm³/mol. The van der Waals surface area contributed by atoms with Gasteiger partial charge in [0.1, 0.15) is 11.8 Å². The lowest BCUT2D eigenvalue weighted by atomic mass is 10.0. The van der Waals surface area contributed by atoms with Gasteiger partial charge in [-0.15, -0.1) is 0 Å². The van der Waals surface area contributed by atoms with Crippen molar-refractivity contribution >= 4 is 11.6 Å². The molecule has 2 N–H and O–H groups in total. The minimum Gasteiger partial charge on any atom is -0.497 e. The van der Waals surface area contributed by atoms with Gasteiger partial charge in [0.2, 0.25) is 5.91 Å². The number of carbonyl (C=O) groups is 1. The molecule has 0 aliphatic heterocycles. The van der Waals surface area contributed by atoms with Gasteiger partial charge in [0.05, 0.1) is 7.11 Å². The molecule has 1 atom stereocenters. The van der Waals surface area contributed by atoms with Crippen molar-refractivity contribution in [3.63, 3.8) is 0 Å². The van der Waals surface area contributed by atoms with Crippen molar-refractivity contribution in [1.29, 1.82) is 0 Å². The molecule has 2 aromatic carbocycles. The zero-order chi connectivity index (χ0) is 16.8. The highest BCUT2D eigenvalue weighted by Gasteiger charge is 2.25. The van der Waals surface area contributed by atoms with E-state index in [1.807, 2.05) is 54.6 Å². The van der Waals surface area contributed by atoms with Crippen LogP contribution in [0.4, 0.5) is 5.69 Å². The second kappa shape index (κ2) is 7.97. The van der Waals surface area contributed by atoms with Gasteiger partial charge in [0.15, 0.2) is 0 Å². The fourth-order valence-corrected chi connectivity index (χ4v) is 3.21. The van der Waals surface area contributed by atoms with Crippen molar-refractivity contribution < 1.29 is 9.53 Å². The third-order valence-electron chi connectivity index (χ3n) is 4.49. The number of methoxy groups -OCH3 is 1. The standard InChI is InChI=1S/C20H24N2O2/c1-24-18-13-7-12-17(14-18)22-20(23)19(15-8-3-2-4-9-15)21-16-10-5-6-11-16/h2-4,7-9,12-14,16,19,21H,5-6,10-11H2,1H3,(H,22,23)/t19-/m0/s1. The molecule has 0 saturated heterocycles. The van der Waals surface area contributed by atoms with E-state index in [4.69, 9.17) is 4.74 Å². The van der Waals surface area contributed by atoms with E-state index in [1.54, 1.807) is 7.11 Å². The number of anilines is 1. The summed E-state index contributed by atoms with van der Waals surface area (Å²) in [6, 6.07) is 17.4. The summed E-state index contributed by atoms with van der Waals surface area (Å²) >= 11 is 0. The van der Waals surface area contributed by atoms with Crippen LogP contribution in [0.15, 0.2) is 54.6 Å². The summed E-state index contributed by atoms with van der Waals surface area (Å²) in [7, 11) is 1.62. The first-order valence-electron chi connectivity index (χ1n) is 8.52. The second-order valence-electron chi connectivity index (χ2n) is 6.21. The van der Waals surface area contributed by atoms with Crippen LogP contribution in [0.3, 0.4) is 0 Å². The minimum absolute atomic E-state index is 0.0404. The maximum Gasteiger partial charge on any atom is 0.246 e. The predicted octanol–water partition coefficient (Wildman–Crippen LogP) is 3.91. The molecule has 0 bridgehead atoms. The van der Waals surface area contributed by atoms with Gasteiger partial charge in [-0.3, -0.25) is 10.1 Å². The summed E-state index contributed by atoms with van der Waals surface area (Å²) in [5.74, 6) is 0.689. The van der Waals surface area contributed by atoms with Crippen LogP contribution in [0, 0.1) is 0 Å². The molecule has 1 aliphatic rings. The molecule has 0 unspecified atom stereocenters. The van der Waals surface area contributed by atoms with Crippen LogP contribution in [-0.2, 0) is 4.79 Å². The quantitative estimate of drug-likeness (QED) is 0.847. The van der Waals surface area contributed by atoms with Crippen LogP contribution in [0.2, 0.25) is 0 Å². The molecule has 24 heavy (non-hydrogen) atoms. The Morgan fingerprint density at radius 1 is 1.08 bits per heavy atom. The van der Waals surface area contributed by atoms with Crippen LogP contribution in [0.25, 0.3) is 0 Å². The normalized spacial score (nSPS) is 15.9. The zero-order valence-corrected chi connectivity index (χ0v) is 14.0. The van der Waals surface area contributed by atoms with Crippen molar-refractivity contribution in [1.82, 2.24) is 5.32 Å². The van der Waals surface area contributed by atoms with E-state index >= 15 is 0 Å². The van der Waals surface area contributed by atoms with E-state index in [0.29, 0.717) is 6.04 Å². The van der Waals surface area contributed by atoms with Crippen LogP contribution in [0.1, 0.15) is 37.3 Å². The summed E-state index contributed by atoms with van der Waals surface area (Å²) in [5.41, 5.74) is 1.73. The number of benzene rings is 2. The summed E-state index contributed by atoms with van der Waals surface area (Å²) < 4.78 is 5.22. The summed E-state index contributed by atoms with van der Waals surface area (Å²) in [4.78, 5) is 12.9. The number of nitrogens with one attached hydrogen (secondary N) is 2. The average Bonchev–Trinajstić information content (AvgIpc) is 3.14. The molecule has 3 rings (SSSR count). The monoisotopic (exact) mass is 324 g/mol. The Kier molecular flexibility index (Phi) is 5.49. The van der Waals surface area contributed by atoms with Gasteiger partial charge >= 0.3 is 0 Å². The third-order valence-corrected chi connectivity index (χ3v) is 4.49. The Bertz CT molecular complexity index is 666. The van der Waals surface area contributed by atoms with Gasteiger partial charge in [0.25, 0.3) is 0 Å². The lowest BCUT2D eigenvalue weighted by molar-refractivity contribution is -0.118. The Hall–Kier alpha value is -2.33. The Morgan fingerprint density at radius 3 is 2.54 bits per heavy atom. The molecule has 1 fully saturated rings. The van der Waals surface area contributed by atoms with E-state index in [9.17, 15) is 4.79 Å². The fourth-order valence-electron chi connectivity index (χ4n) is 3.21. The minimum atomic E-state index is -0.347. The highest BCUT2D eigenvalue weighted by molar-refractivity contribution is 5.95. The van der Waals surface area contributed by atoms with Gasteiger partial charge in [-0.05, 0) is 30.5 Å². The van der Waals surface area contributed by atoms with Crippen LogP contribution in [0.5, 0.6) is 5.75 Å². The highest BCUT2D eigenvalue weighted by atomic mass is 16.5. The first-order valence-corrected chi connectivity index (χ1v) is 8.52. The fraction of sp³-hybridized carbons (Fsp3) is 0.350. The topological polar surface area (TPSA) is 50.4 Å². The van der Waals surface area contributed by atoms with E-state index in [0.717, 1.165) is 29.8 Å². The molecule has 1 saturated carbocycles. The van der Waals surface area contributed by atoms with Gasteiger partial charge in [0, 0.05) is 17.8 Å². The molecule has 0 aromatic heterocycles. The second-order valence-corrected chi connectivity index (χ2v) is 6.21. The van der Waals surface area contributed by atoms with Gasteiger partial charge < -0.3 is 10.1 Å². The van der Waals surface area contributed by atoms with E-state index in [-0.39, 0.29) is 11.9 Å². The van der Waals surface area contributed by atoms with Crippen molar-refractivity contribution in [2.45, 2.75) is 37.8 Å². The number of ether oxygens (including phenoxy) is 1. The third kappa shape index (κ3) is 4.15. The van der Waals surface area contributed by atoms with Crippen LogP contribution < -0.4 is 15.4 Å². The average molecular weight is 324 g/mol. The number of rotatable bonds is 6. The molecule has 0 heterocycles. The lowest BCUT2D eigenvalue weighted by Gasteiger charge is -2.23. The van der Waals surface area contributed by atoms with E-state index in [2.05, 4.69) is 10.6 Å². The molecule has 4 heteroatoms. The smallest absolute Gasteiger partial charge is 0.246 e. The van der Waals surface area contributed by atoms with Gasteiger partial charge in [-0.1, -0.05) is 49.2 Å². The van der Waals surface area contributed by atoms with Crippen LogP contribution in [-0.4, -0.2) is 19.1 Å². The van der Waals surface area contributed by atoms with Gasteiger partial charge in [-0.25, -0.2) is 0 Å². The summed E-state index contributed by atoms with van der Waals surface area (Å²) in [5, 5.41) is 6.55. The van der Waals surface area contributed by atoms with Crippen molar-refractivity contribution in [2.24, 2.45) is 0 Å². The van der Waals surface area contributed by atoms with E-state index < -0.39 is 0 Å². The molecule has 0 spiro atoms. The maximum absolute atomic E-state index is 12.9. The first-order chi connectivity index (χ1) is 11.8. The molecule has 1 amide bonds. The molecule has 1 aliphatic carbocycles. The Labute approximate surface area is 143 Å². The number of hydrogen-bond donors (Lipinski definition) is 2. The lowest BCUT2D eigenvalue weighted by Crippen LogP contribution is -2.38. The molecular weight excluding hydrogens is 300 g/mol. The number of amides is 1. The van der Waals surface area contributed by atoms with Gasteiger partial charge in [-0.2, -0.15) is 0 Å². The Balaban J connectivity index is 1.77. The zero-order valence-electron chi connectivity index (χ0n) is 14.0. The largest absolute Gasteiger partial charge is 0.497 e. The summed E-state index contributed by atoms with van der Waals surface area (Å²) in [6.45, 7) is 0. The van der Waals surface area contributed by atoms with Crippen molar-refractivity contribution in [2.75, 3.05) is 12.4 Å². The molecule has 2 aromatic rings. The van der Waals surface area contributed by atoms with Crippen molar-refractivity contribution in [3.8, 4) is 5.75 Å². The van der Waals surface area contributed by atoms with Crippen LogP contribution >= 0.6 is 0 Å². The molecule has 0 radical (unpaired) electrons. The first kappa shape index (κ1) is 16.5. The van der Waals surface area contributed by atoms with Crippen molar-refractivity contribution in [3.05, 3.63) is 60.2 Å². The number of hydrogen-bond acceptors (Lipinski definition) is 3. The molecular formula is C20H24N2O2.